The summed E-state index contributed by atoms with van der Waals surface area (Å²) in [6.07, 6.45) is 6.99. The van der Waals surface area contributed by atoms with Crippen LogP contribution in [0.15, 0.2) is 24.3 Å². The summed E-state index contributed by atoms with van der Waals surface area (Å²) in [5, 5.41) is 9.88. The van der Waals surface area contributed by atoms with E-state index in [4.69, 9.17) is 0 Å². The van der Waals surface area contributed by atoms with Crippen LogP contribution in [0.1, 0.15) is 54.4 Å². The minimum atomic E-state index is -0.746. The van der Waals surface area contributed by atoms with Gasteiger partial charge in [0.2, 0.25) is 0 Å². The van der Waals surface area contributed by atoms with Crippen molar-refractivity contribution in [2.24, 2.45) is 11.3 Å². The number of nitrogens with zero attached hydrogens (tertiary/aromatic N) is 2. The second-order valence-electron chi connectivity index (χ2n) is 8.73. The van der Waals surface area contributed by atoms with Crippen LogP contribution in [0.25, 0.3) is 0 Å². The lowest BCUT2D eigenvalue weighted by Gasteiger charge is -2.43. The molecule has 1 aliphatic carbocycles. The zero-order chi connectivity index (χ0) is 19.0. The Balaban J connectivity index is 1.50. The number of piperidine rings is 1. The molecule has 2 aliphatic heterocycles. The van der Waals surface area contributed by atoms with Crippen LogP contribution in [-0.2, 0) is 4.79 Å². The maximum absolute atomic E-state index is 13.1. The van der Waals surface area contributed by atoms with Crippen molar-refractivity contribution in [3.63, 3.8) is 0 Å². The molecule has 5 heteroatoms. The predicted molar refractivity (Wildman–Crippen MR) is 104 cm³/mol. The molecule has 5 nitrogen and oxygen atoms in total. The monoisotopic (exact) mass is 370 g/mol. The lowest BCUT2D eigenvalue weighted by molar-refractivity contribution is -0.146. The van der Waals surface area contributed by atoms with Crippen molar-refractivity contribution in [2.75, 3.05) is 26.2 Å². The van der Waals surface area contributed by atoms with Gasteiger partial charge in [-0.15, -0.1) is 0 Å². The average molecular weight is 370 g/mol. The van der Waals surface area contributed by atoms with Gasteiger partial charge in [0.1, 0.15) is 0 Å². The molecule has 1 aromatic carbocycles. The number of benzene rings is 1. The molecule has 1 spiro atoms. The van der Waals surface area contributed by atoms with Crippen molar-refractivity contribution in [3.05, 3.63) is 35.4 Å². The molecule has 4 rings (SSSR count). The number of carbonyl (C=O) groups is 2. The molecular weight excluding hydrogens is 340 g/mol. The normalized spacial score (nSPS) is 26.0. The third kappa shape index (κ3) is 3.38. The standard InChI is InChI=1S/C22H30N2O3/c1-16-6-2-5-9-18(16)20(25)24-14-19(21(26)27)22(15-24)10-12-23(13-11-22)17-7-3-4-8-17/h2,5-6,9,17,19H,3-4,7-8,10-15H2,1H3,(H,26,27). The number of carboxylic acid groups (broad SMARTS) is 1. The van der Waals surface area contributed by atoms with E-state index in [1.807, 2.05) is 31.2 Å². The molecule has 27 heavy (non-hydrogen) atoms. The third-order valence-electron chi connectivity index (χ3n) is 7.24. The fourth-order valence-electron chi connectivity index (χ4n) is 5.56. The van der Waals surface area contributed by atoms with Crippen molar-refractivity contribution in [3.8, 4) is 0 Å². The van der Waals surface area contributed by atoms with E-state index in [2.05, 4.69) is 4.90 Å². The highest BCUT2D eigenvalue weighted by Gasteiger charge is 2.53. The number of aliphatic carboxylic acids is 1. The van der Waals surface area contributed by atoms with E-state index < -0.39 is 11.9 Å². The van der Waals surface area contributed by atoms with E-state index in [1.54, 1.807) is 4.90 Å². The van der Waals surface area contributed by atoms with Crippen LogP contribution in [-0.4, -0.2) is 59.0 Å². The minimum absolute atomic E-state index is 0.0190. The Morgan fingerprint density at radius 3 is 2.41 bits per heavy atom. The molecule has 1 atom stereocenters. The van der Waals surface area contributed by atoms with Crippen LogP contribution in [0.2, 0.25) is 0 Å². The topological polar surface area (TPSA) is 60.9 Å². The van der Waals surface area contributed by atoms with Gasteiger partial charge in [-0.1, -0.05) is 31.0 Å². The lowest BCUT2D eigenvalue weighted by atomic mass is 9.70. The Kier molecular flexibility index (Phi) is 4.97. The summed E-state index contributed by atoms with van der Waals surface area (Å²) in [7, 11) is 0. The zero-order valence-electron chi connectivity index (χ0n) is 16.2. The highest BCUT2D eigenvalue weighted by atomic mass is 16.4. The minimum Gasteiger partial charge on any atom is -0.481 e. The molecule has 146 valence electrons. The number of aryl methyl sites for hydroxylation is 1. The highest BCUT2D eigenvalue weighted by molar-refractivity contribution is 5.96. The van der Waals surface area contributed by atoms with E-state index in [0.29, 0.717) is 24.7 Å². The maximum atomic E-state index is 13.1. The van der Waals surface area contributed by atoms with Crippen molar-refractivity contribution in [2.45, 2.75) is 51.5 Å². The van der Waals surface area contributed by atoms with E-state index in [0.717, 1.165) is 31.5 Å². The van der Waals surface area contributed by atoms with Crippen LogP contribution < -0.4 is 0 Å². The van der Waals surface area contributed by atoms with Gasteiger partial charge >= 0.3 is 5.97 Å². The van der Waals surface area contributed by atoms with Crippen LogP contribution in [0.5, 0.6) is 0 Å². The lowest BCUT2D eigenvalue weighted by Crippen LogP contribution is -2.48. The number of likely N-dealkylation sites (tertiary alicyclic amines) is 2. The summed E-state index contributed by atoms with van der Waals surface area (Å²) in [5.74, 6) is -1.21. The second-order valence-corrected chi connectivity index (χ2v) is 8.73. The van der Waals surface area contributed by atoms with E-state index >= 15 is 0 Å². The molecule has 1 N–H and O–H groups in total. The Bertz CT molecular complexity index is 718. The predicted octanol–water partition coefficient (Wildman–Crippen LogP) is 3.18. The first-order valence-electron chi connectivity index (χ1n) is 10.3. The molecule has 1 unspecified atom stereocenters. The number of rotatable bonds is 3. The number of carbonyl (C=O) groups excluding carboxylic acids is 1. The Morgan fingerprint density at radius 1 is 1.11 bits per heavy atom. The van der Waals surface area contributed by atoms with Crippen LogP contribution in [0.3, 0.4) is 0 Å². The first-order valence-corrected chi connectivity index (χ1v) is 10.3. The van der Waals surface area contributed by atoms with E-state index in [-0.39, 0.29) is 11.3 Å². The summed E-state index contributed by atoms with van der Waals surface area (Å²) < 4.78 is 0. The van der Waals surface area contributed by atoms with Gasteiger partial charge in [-0.2, -0.15) is 0 Å². The molecule has 0 bridgehead atoms. The van der Waals surface area contributed by atoms with Gasteiger partial charge in [-0.05, 0) is 57.3 Å². The van der Waals surface area contributed by atoms with E-state index in [9.17, 15) is 14.7 Å². The van der Waals surface area contributed by atoms with Gasteiger partial charge in [0.25, 0.3) is 5.91 Å². The molecule has 3 fully saturated rings. The van der Waals surface area contributed by atoms with Gasteiger partial charge in [0.05, 0.1) is 5.92 Å². The van der Waals surface area contributed by atoms with Gasteiger partial charge in [0, 0.05) is 30.1 Å². The van der Waals surface area contributed by atoms with Gasteiger partial charge in [-0.3, -0.25) is 9.59 Å². The third-order valence-corrected chi connectivity index (χ3v) is 7.24. The summed E-state index contributed by atoms with van der Waals surface area (Å²) in [6, 6.07) is 8.28. The molecule has 3 aliphatic rings. The number of hydrogen-bond donors (Lipinski definition) is 1. The second kappa shape index (κ2) is 7.27. The number of carboxylic acids is 1. The Labute approximate surface area is 161 Å². The van der Waals surface area contributed by atoms with Crippen molar-refractivity contribution in [1.82, 2.24) is 9.80 Å². The summed E-state index contributed by atoms with van der Waals surface area (Å²) in [6.45, 7) is 4.80. The van der Waals surface area contributed by atoms with Gasteiger partial charge in [-0.25, -0.2) is 0 Å². The average Bonchev–Trinajstić information content (AvgIpc) is 3.31. The molecule has 0 aromatic heterocycles. The summed E-state index contributed by atoms with van der Waals surface area (Å²) >= 11 is 0. The van der Waals surface area contributed by atoms with Crippen LogP contribution in [0, 0.1) is 18.3 Å². The zero-order valence-corrected chi connectivity index (χ0v) is 16.2. The molecule has 2 saturated heterocycles. The molecule has 2 heterocycles. The van der Waals surface area contributed by atoms with Crippen molar-refractivity contribution in [1.29, 1.82) is 0 Å². The quantitative estimate of drug-likeness (QED) is 0.888. The smallest absolute Gasteiger partial charge is 0.308 e. The highest BCUT2D eigenvalue weighted by Crippen LogP contribution is 2.46. The number of amides is 1. The van der Waals surface area contributed by atoms with Crippen LogP contribution in [0.4, 0.5) is 0 Å². The van der Waals surface area contributed by atoms with Gasteiger partial charge < -0.3 is 14.9 Å². The SMILES string of the molecule is Cc1ccccc1C(=O)N1CC(C(=O)O)C2(CCN(C3CCCC3)CC2)C1. The molecular formula is C22H30N2O3. The molecule has 1 saturated carbocycles. The van der Waals surface area contributed by atoms with Crippen LogP contribution >= 0.6 is 0 Å². The fourth-order valence-corrected chi connectivity index (χ4v) is 5.56. The Hall–Kier alpha value is -1.88. The summed E-state index contributed by atoms with van der Waals surface area (Å²) in [4.78, 5) is 29.5. The first kappa shape index (κ1) is 18.5. The fraction of sp³-hybridized carbons (Fsp3) is 0.636. The largest absolute Gasteiger partial charge is 0.481 e. The molecule has 1 amide bonds. The number of hydrogen-bond acceptors (Lipinski definition) is 3. The molecule has 1 aromatic rings. The van der Waals surface area contributed by atoms with Crippen molar-refractivity contribution < 1.29 is 14.7 Å². The van der Waals surface area contributed by atoms with Crippen molar-refractivity contribution >= 4 is 11.9 Å². The maximum Gasteiger partial charge on any atom is 0.308 e. The van der Waals surface area contributed by atoms with Gasteiger partial charge in [0.15, 0.2) is 0 Å². The summed E-state index contributed by atoms with van der Waals surface area (Å²) in [5.41, 5.74) is 1.38. The Morgan fingerprint density at radius 2 is 1.78 bits per heavy atom. The molecule has 0 radical (unpaired) electrons. The first-order chi connectivity index (χ1) is 13.0. The van der Waals surface area contributed by atoms with E-state index in [1.165, 1.54) is 25.7 Å².